The number of hydrogen-bond donors (Lipinski definition) is 0. The molecule has 0 N–H and O–H groups in total. The minimum Gasteiger partial charge on any atom is -0.550 e. The third-order valence-corrected chi connectivity index (χ3v) is 291. The van der Waals surface area contributed by atoms with Crippen LogP contribution in [0.15, 0.2) is 0 Å². The van der Waals surface area contributed by atoms with Crippen LogP contribution in [-0.2, 0) is 182 Å². The first kappa shape index (κ1) is 85.8. The molecule has 0 saturated carbocycles. The third kappa shape index (κ3) is 23.9. The summed E-state index contributed by atoms with van der Waals surface area (Å²) in [6, 6.07) is 0. The van der Waals surface area contributed by atoms with Crippen LogP contribution in [0.4, 0.5) is 0 Å². The van der Waals surface area contributed by atoms with E-state index < -0.39 is 315 Å². The van der Waals surface area contributed by atoms with E-state index in [1.54, 1.807) is 0 Å². The van der Waals surface area contributed by atoms with Crippen molar-refractivity contribution in [2.45, 2.75) is 19.6 Å². The van der Waals surface area contributed by atoms with Crippen molar-refractivity contribution in [1.29, 1.82) is 0 Å². The smallest absolute Gasteiger partial charge is 0.534 e. The summed E-state index contributed by atoms with van der Waals surface area (Å²) in [5.74, 6) is 0. The maximum absolute atomic E-state index is 12.9. The molecule has 1 atom stereocenters. The van der Waals surface area contributed by atoms with Crippen molar-refractivity contribution in [2.75, 3.05) is 7.11 Å². The van der Waals surface area contributed by atoms with Crippen LogP contribution >= 0.6 is 0 Å². The molecule has 0 spiro atoms. The molecule has 0 aromatic heterocycles. The molecule has 81 heteroatoms. The number of hydrogen-bond acceptors (Lipinski definition) is 41. The lowest BCUT2D eigenvalue weighted by atomic mass is 11.8. The van der Waals surface area contributed by atoms with E-state index in [0.717, 1.165) is 13.1 Å². The number of rotatable bonds is 43. The summed E-state index contributed by atoms with van der Waals surface area (Å²) < 4.78 is 484. The average molecular weight is 1840 g/mol. The predicted octanol–water partition coefficient (Wildman–Crippen LogP) is -19.1. The van der Waals surface area contributed by atoms with Crippen molar-refractivity contribution in [2.24, 2.45) is 0 Å². The van der Waals surface area contributed by atoms with Gasteiger partial charge in [-0.1, -0.05) is 0 Å². The fourth-order valence-corrected chi connectivity index (χ4v) is 414. The Bertz CT molecular complexity index is 3620. The first-order valence-electron chi connectivity index (χ1n) is 20.3. The Morgan fingerprint density at radius 3 is 0.624 bits per heavy atom. The van der Waals surface area contributed by atoms with Gasteiger partial charge in [-0.25, -0.2) is 0 Å². The van der Waals surface area contributed by atoms with Gasteiger partial charge in [0.1, 0.15) is 0 Å². The molecule has 0 aliphatic rings. The van der Waals surface area contributed by atoms with E-state index in [2.05, 4.69) is 0 Å². The molecule has 0 aliphatic carbocycles. The highest BCUT2D eigenvalue weighted by Gasteiger charge is 2.59. The monoisotopic (exact) mass is 1840 g/mol. The van der Waals surface area contributed by atoms with Crippen molar-refractivity contribution in [1.82, 2.24) is 0 Å². The fraction of sp³-hybridized carbons (Fsp3) is 1.00. The van der Waals surface area contributed by atoms with Gasteiger partial charge in [-0.15, -0.1) is 0 Å². The molecule has 0 bridgehead atoms. The minimum absolute atomic E-state index is 0.745. The van der Waals surface area contributed by atoms with E-state index in [9.17, 15) is 165 Å². The summed E-state index contributed by atoms with van der Waals surface area (Å²) in [4.78, 5) is 0. The normalized spacial score (nSPS) is 10.7. The van der Waals surface area contributed by atoms with Crippen LogP contribution in [0, 0.1) is 0 Å². The molecule has 0 amide bonds. The molecule has 0 aromatic rings. The van der Waals surface area contributed by atoms with Gasteiger partial charge in [-0.3, -0.25) is 0 Å². The van der Waals surface area contributed by atoms with Gasteiger partial charge in [-0.05, 0) is 6.55 Å². The maximum Gasteiger partial charge on any atom is 0.534 e. The Morgan fingerprint density at radius 2 is 0.447 bits per heavy atom. The van der Waals surface area contributed by atoms with Gasteiger partial charge in [-0.2, -0.15) is 0 Å². The van der Waals surface area contributed by atoms with Crippen molar-refractivity contribution >= 4 is 315 Å². The first-order valence-corrected chi connectivity index (χ1v) is 115. The van der Waals surface area contributed by atoms with Crippen molar-refractivity contribution in [3.63, 3.8) is 0 Å². The lowest BCUT2D eigenvalue weighted by Crippen LogP contribution is -2.57. The van der Waals surface area contributed by atoms with Crippen LogP contribution in [0.2, 0.25) is 19.6 Å². The molecular formula is C4H16O41Si40. The minimum atomic E-state index is -4.75. The van der Waals surface area contributed by atoms with E-state index in [4.69, 9.17) is 16.8 Å². The second-order valence-electron chi connectivity index (χ2n) is 14.7. The Hall–Kier alpha value is 0.795. The summed E-state index contributed by atoms with van der Waals surface area (Å²) in [6.07, 6.45) is 0. The van der Waals surface area contributed by atoms with Crippen molar-refractivity contribution in [3.8, 4) is 0 Å². The molecule has 41 nitrogen and oxygen atoms in total. The van der Waals surface area contributed by atoms with Crippen molar-refractivity contribution < 1.29 is 182 Å². The average Bonchev–Trinajstić information content (AvgIpc) is 3.68. The summed E-state index contributed by atoms with van der Waals surface area (Å²) in [5, 5.41) is 0. The Labute approximate surface area is 518 Å². The second kappa shape index (κ2) is 38.9. The van der Waals surface area contributed by atoms with E-state index in [1.165, 1.54) is 13.7 Å². The van der Waals surface area contributed by atoms with Gasteiger partial charge in [0.15, 0.2) is 0 Å². The largest absolute Gasteiger partial charge is 0.550 e. The first-order chi connectivity index (χ1) is 38.8. The van der Waals surface area contributed by atoms with Gasteiger partial charge in [0, 0.05) is 20.2 Å². The van der Waals surface area contributed by atoms with Crippen LogP contribution < -0.4 is 0 Å². The summed E-state index contributed by atoms with van der Waals surface area (Å²) in [5.41, 5.74) is 0. The molecular weight excluding hydrogens is 1830 g/mol. The highest BCUT2D eigenvalue weighted by molar-refractivity contribution is 7.84. The van der Waals surface area contributed by atoms with Crippen LogP contribution in [-0.4, -0.2) is 322 Å². The Morgan fingerprint density at radius 1 is 0.282 bits per heavy atom. The van der Waals surface area contributed by atoms with Gasteiger partial charge in [0.05, 0.1) is 0 Å². The van der Waals surface area contributed by atoms with E-state index in [1.807, 2.05) is 0 Å². The van der Waals surface area contributed by atoms with Crippen LogP contribution in [0.3, 0.4) is 0 Å². The van der Waals surface area contributed by atoms with Crippen LogP contribution in [0.25, 0.3) is 0 Å². The quantitative estimate of drug-likeness (QED) is 0.0512. The molecule has 0 rings (SSSR count). The summed E-state index contributed by atoms with van der Waals surface area (Å²) in [7, 11) is -169. The maximum atomic E-state index is 12.9. The Kier molecular flexibility index (Phi) is 39.2. The van der Waals surface area contributed by atoms with Crippen molar-refractivity contribution in [3.05, 3.63) is 0 Å². The fourth-order valence-electron chi connectivity index (χ4n) is 4.25. The predicted molar refractivity (Wildman–Crippen MR) is 289 cm³/mol. The zero-order chi connectivity index (χ0) is 67.1. The molecule has 0 aromatic carbocycles. The summed E-state index contributed by atoms with van der Waals surface area (Å²) in [6.45, 7) is 2.97. The lowest BCUT2D eigenvalue weighted by Gasteiger charge is -2.21. The zero-order valence-electron chi connectivity index (χ0n) is 41.1. The van der Waals surface area contributed by atoms with Crippen LogP contribution in [0.1, 0.15) is 0 Å². The standard InChI is InChI=1S/C4H16O41Si40/c1-42-48(2)43-47-52(9)56(13)60(17)64(21)68(25)72(29)73(30)69(26)65(22)61(18)57(14)53(10)49(6)44-85(3,4)45-50(7)54(11)58(15)62(19)66(23)70(27)74(31)76(33)78(35)80(37)82(39)84(41)83(40)81(38)79(36)77(34)75(32)71(28)67(24)63(20)59(16)55(12)51(8)46-5/h46,48H,47H2,1-4H3. The van der Waals surface area contributed by atoms with Gasteiger partial charge in [0.25, 0.3) is 0 Å². The highest BCUT2D eigenvalue weighted by Crippen LogP contribution is 2.07. The SMILES string of the molecule is CO[SiH](C)O[SiH2][Si](=O)[Si](=O)[Si](=O)[Si](=O)[Si](=O)[Si](=O)[Si](=O)[Si](=O)[Si](=O)[Si](=O)[Si](=O)[Si](=O)[Si](=O)O[Si](C)(C)O[Si](=O)[Si](=O)[Si](=O)[Si](=O)[Si](=O)[Si](=O)[Si](=O)[Si](=O)[Si](=O)[Si](=O)[Si](=O)[Si](=O)[Si](=O)[Si](=O)[Si](=O)[Si](=O)[Si](=O)[Si](=O)[Si](=O)[Si](=O)[Si](=O)[Si](=O)[Si](=O)[SiH]=O. The van der Waals surface area contributed by atoms with Crippen LogP contribution in [0.5, 0.6) is 0 Å². The topological polar surface area (TPSA) is 669 Å². The Balaban J connectivity index is 5.85. The van der Waals surface area contributed by atoms with E-state index >= 15 is 0 Å². The van der Waals surface area contributed by atoms with Gasteiger partial charge >= 0.3 is 306 Å². The highest BCUT2D eigenvalue weighted by atomic mass is 30.1. The van der Waals surface area contributed by atoms with E-state index in [0.29, 0.717) is 0 Å². The lowest BCUT2D eigenvalue weighted by molar-refractivity contribution is 0.350. The molecule has 85 heavy (non-hydrogen) atoms. The third-order valence-electron chi connectivity index (χ3n) is 8.60. The molecule has 0 saturated heterocycles. The molecule has 0 radical (unpaired) electrons. The molecule has 438 valence electrons. The van der Waals surface area contributed by atoms with Gasteiger partial charge in [0.2, 0.25) is 9.28 Å². The molecule has 0 heterocycles. The zero-order valence-corrected chi connectivity index (χ0v) is 81.8. The van der Waals surface area contributed by atoms with Gasteiger partial charge < -0.3 is 182 Å². The van der Waals surface area contributed by atoms with E-state index in [-0.39, 0.29) is 0 Å². The second-order valence-corrected chi connectivity index (χ2v) is 196. The molecule has 0 aliphatic heterocycles. The summed E-state index contributed by atoms with van der Waals surface area (Å²) >= 11 is 0. The molecule has 0 fully saturated rings. The molecule has 1 unspecified atom stereocenters.